The van der Waals surface area contributed by atoms with Crippen LogP contribution in [0.15, 0.2) is 46.9 Å². The Bertz CT molecular complexity index is 580. The molecule has 0 fully saturated rings. The molecule has 0 saturated carbocycles. The highest BCUT2D eigenvalue weighted by Crippen LogP contribution is 2.29. The summed E-state index contributed by atoms with van der Waals surface area (Å²) in [4.78, 5) is 0. The second-order valence-corrected chi connectivity index (χ2v) is 5.88. The van der Waals surface area contributed by atoms with Gasteiger partial charge in [-0.1, -0.05) is 50.2 Å². The van der Waals surface area contributed by atoms with Gasteiger partial charge in [-0.05, 0) is 45.5 Å². The van der Waals surface area contributed by atoms with Gasteiger partial charge in [0.05, 0.1) is 4.47 Å². The minimum Gasteiger partial charge on any atom is -0.384 e. The number of aliphatic hydroxyl groups is 1. The third-order valence-corrected chi connectivity index (χ3v) is 4.32. The normalized spacial score (nSPS) is 14.1. The van der Waals surface area contributed by atoms with Crippen LogP contribution in [0.5, 0.6) is 0 Å². The summed E-state index contributed by atoms with van der Waals surface area (Å²) in [5.41, 5.74) is 2.22. The molecule has 1 nitrogen and oxygen atoms in total. The van der Waals surface area contributed by atoms with Crippen LogP contribution < -0.4 is 0 Å². The first-order valence-corrected chi connectivity index (χ1v) is 7.55. The van der Waals surface area contributed by atoms with Crippen molar-refractivity contribution in [1.82, 2.24) is 0 Å². The fraction of sp³-hybridized carbons (Fsp3) is 0.294. The van der Waals surface area contributed by atoms with Crippen molar-refractivity contribution in [3.8, 4) is 0 Å². The van der Waals surface area contributed by atoms with Crippen LogP contribution in [0.3, 0.4) is 0 Å². The summed E-state index contributed by atoms with van der Waals surface area (Å²) >= 11 is 3.14. The van der Waals surface area contributed by atoms with E-state index in [2.05, 4.69) is 29.8 Å². The molecule has 106 valence electrons. The van der Waals surface area contributed by atoms with Gasteiger partial charge >= 0.3 is 0 Å². The Labute approximate surface area is 127 Å². The van der Waals surface area contributed by atoms with Crippen LogP contribution in [0.25, 0.3) is 0 Å². The van der Waals surface area contributed by atoms with Crippen molar-refractivity contribution in [3.05, 3.63) is 69.4 Å². The van der Waals surface area contributed by atoms with E-state index in [1.807, 2.05) is 24.3 Å². The quantitative estimate of drug-likeness (QED) is 0.815. The Morgan fingerprint density at radius 1 is 1.10 bits per heavy atom. The summed E-state index contributed by atoms with van der Waals surface area (Å²) in [6.07, 6.45) is 0.126. The predicted octanol–water partition coefficient (Wildman–Crippen LogP) is 5.18. The molecule has 0 aromatic heterocycles. The van der Waals surface area contributed by atoms with E-state index in [0.717, 1.165) is 6.42 Å². The zero-order valence-corrected chi connectivity index (χ0v) is 13.2. The third kappa shape index (κ3) is 3.10. The zero-order chi connectivity index (χ0) is 14.7. The second-order valence-electron chi connectivity index (χ2n) is 5.02. The van der Waals surface area contributed by atoms with Crippen LogP contribution in [-0.2, 0) is 0 Å². The lowest BCUT2D eigenvalue weighted by atomic mass is 9.95. The lowest BCUT2D eigenvalue weighted by Gasteiger charge is -2.15. The monoisotopic (exact) mass is 336 g/mol. The summed E-state index contributed by atoms with van der Waals surface area (Å²) in [5.74, 6) is 0.0785. The first-order chi connectivity index (χ1) is 9.54. The SMILES string of the molecule is CCC(C)c1ccc(C(O)c2cccc(Br)c2F)cc1. The number of rotatable bonds is 4. The van der Waals surface area contributed by atoms with E-state index in [0.29, 0.717) is 16.0 Å². The van der Waals surface area contributed by atoms with Gasteiger partial charge in [0.2, 0.25) is 0 Å². The minimum absolute atomic E-state index is 0.288. The highest BCUT2D eigenvalue weighted by atomic mass is 79.9. The smallest absolute Gasteiger partial charge is 0.143 e. The van der Waals surface area contributed by atoms with Crippen molar-refractivity contribution >= 4 is 15.9 Å². The summed E-state index contributed by atoms with van der Waals surface area (Å²) in [6, 6.07) is 12.7. The lowest BCUT2D eigenvalue weighted by Crippen LogP contribution is -2.03. The molecule has 20 heavy (non-hydrogen) atoms. The molecule has 2 aromatic rings. The van der Waals surface area contributed by atoms with Gasteiger partial charge in [0.15, 0.2) is 0 Å². The third-order valence-electron chi connectivity index (χ3n) is 3.71. The molecule has 0 amide bonds. The summed E-state index contributed by atoms with van der Waals surface area (Å²) < 4.78 is 14.4. The fourth-order valence-electron chi connectivity index (χ4n) is 2.15. The van der Waals surface area contributed by atoms with Crippen LogP contribution in [0.2, 0.25) is 0 Å². The van der Waals surface area contributed by atoms with Crippen LogP contribution in [0.4, 0.5) is 4.39 Å². The average molecular weight is 337 g/mol. The number of benzene rings is 2. The zero-order valence-electron chi connectivity index (χ0n) is 11.6. The molecule has 0 radical (unpaired) electrons. The average Bonchev–Trinajstić information content (AvgIpc) is 2.48. The molecule has 0 aliphatic carbocycles. The molecule has 1 N–H and O–H groups in total. The largest absolute Gasteiger partial charge is 0.384 e. The first-order valence-electron chi connectivity index (χ1n) is 6.76. The molecule has 0 spiro atoms. The van der Waals surface area contributed by atoms with Gasteiger partial charge < -0.3 is 5.11 Å². The molecule has 0 saturated heterocycles. The van der Waals surface area contributed by atoms with E-state index in [1.54, 1.807) is 18.2 Å². The van der Waals surface area contributed by atoms with Gasteiger partial charge in [0, 0.05) is 5.56 Å². The molecule has 2 rings (SSSR count). The van der Waals surface area contributed by atoms with E-state index in [1.165, 1.54) is 5.56 Å². The molecule has 3 heteroatoms. The minimum atomic E-state index is -0.946. The Morgan fingerprint density at radius 3 is 2.30 bits per heavy atom. The molecule has 0 aliphatic rings. The molecular formula is C17H18BrFO. The molecule has 0 bridgehead atoms. The van der Waals surface area contributed by atoms with E-state index < -0.39 is 11.9 Å². The van der Waals surface area contributed by atoms with Crippen LogP contribution >= 0.6 is 15.9 Å². The van der Waals surface area contributed by atoms with Gasteiger partial charge in [-0.2, -0.15) is 0 Å². The van der Waals surface area contributed by atoms with E-state index >= 15 is 0 Å². The van der Waals surface area contributed by atoms with Crippen molar-refractivity contribution in [2.75, 3.05) is 0 Å². The van der Waals surface area contributed by atoms with Crippen molar-refractivity contribution in [2.24, 2.45) is 0 Å². The number of hydrogen-bond donors (Lipinski definition) is 1. The molecule has 2 aromatic carbocycles. The maximum Gasteiger partial charge on any atom is 0.143 e. The van der Waals surface area contributed by atoms with Crippen molar-refractivity contribution < 1.29 is 9.50 Å². The number of aliphatic hydroxyl groups excluding tert-OH is 1. The van der Waals surface area contributed by atoms with Gasteiger partial charge in [0.25, 0.3) is 0 Å². The fourth-order valence-corrected chi connectivity index (χ4v) is 2.54. The van der Waals surface area contributed by atoms with E-state index in [9.17, 15) is 9.50 Å². The van der Waals surface area contributed by atoms with Crippen molar-refractivity contribution in [2.45, 2.75) is 32.3 Å². The van der Waals surface area contributed by atoms with E-state index in [-0.39, 0.29) is 5.56 Å². The van der Waals surface area contributed by atoms with Crippen molar-refractivity contribution in [3.63, 3.8) is 0 Å². The molecule has 0 heterocycles. The molecular weight excluding hydrogens is 319 g/mol. The summed E-state index contributed by atoms with van der Waals surface area (Å²) in [6.45, 7) is 4.31. The Hall–Kier alpha value is -1.19. The van der Waals surface area contributed by atoms with E-state index in [4.69, 9.17) is 0 Å². The first kappa shape index (κ1) is 15.2. The summed E-state index contributed by atoms with van der Waals surface area (Å²) in [5, 5.41) is 10.3. The van der Waals surface area contributed by atoms with Crippen LogP contribution in [0.1, 0.15) is 49.0 Å². The van der Waals surface area contributed by atoms with Gasteiger partial charge in [0.1, 0.15) is 11.9 Å². The maximum absolute atomic E-state index is 14.0. The van der Waals surface area contributed by atoms with Crippen LogP contribution in [-0.4, -0.2) is 5.11 Å². The standard InChI is InChI=1S/C17H18BrFO/c1-3-11(2)12-7-9-13(10-8-12)17(20)14-5-4-6-15(18)16(14)19/h4-11,17,20H,3H2,1-2H3. The Morgan fingerprint density at radius 2 is 1.70 bits per heavy atom. The van der Waals surface area contributed by atoms with Crippen LogP contribution in [0, 0.1) is 5.82 Å². The topological polar surface area (TPSA) is 20.2 Å². The highest BCUT2D eigenvalue weighted by Gasteiger charge is 2.16. The molecule has 2 unspecified atom stereocenters. The van der Waals surface area contributed by atoms with Gasteiger partial charge in [-0.25, -0.2) is 4.39 Å². The molecule has 2 atom stereocenters. The van der Waals surface area contributed by atoms with Gasteiger partial charge in [-0.15, -0.1) is 0 Å². The lowest BCUT2D eigenvalue weighted by molar-refractivity contribution is 0.214. The second kappa shape index (κ2) is 6.51. The number of hydrogen-bond acceptors (Lipinski definition) is 1. The summed E-state index contributed by atoms with van der Waals surface area (Å²) in [7, 11) is 0. The molecule has 0 aliphatic heterocycles. The highest BCUT2D eigenvalue weighted by molar-refractivity contribution is 9.10. The predicted molar refractivity (Wildman–Crippen MR) is 83.3 cm³/mol. The van der Waals surface area contributed by atoms with Gasteiger partial charge in [-0.3, -0.25) is 0 Å². The number of halogens is 2. The Kier molecular flexibility index (Phi) is 4.95. The maximum atomic E-state index is 14.0. The van der Waals surface area contributed by atoms with Crippen molar-refractivity contribution in [1.29, 1.82) is 0 Å². The Balaban J connectivity index is 2.29.